The number of fused-ring (bicyclic) bond motifs is 3. The third-order valence-electron chi connectivity index (χ3n) is 7.04. The van der Waals surface area contributed by atoms with E-state index in [2.05, 4.69) is 76.3 Å². The van der Waals surface area contributed by atoms with E-state index in [1.165, 1.54) is 60.8 Å². The number of unbranched alkanes of at least 4 members (excludes halogenated alkanes) is 2. The molecule has 0 fully saturated rings. The Morgan fingerprint density at radius 1 is 0.875 bits per heavy atom. The molecule has 0 bridgehead atoms. The van der Waals surface area contributed by atoms with E-state index in [0.29, 0.717) is 0 Å². The van der Waals surface area contributed by atoms with E-state index in [-0.39, 0.29) is 56.4 Å². The van der Waals surface area contributed by atoms with Gasteiger partial charge < -0.3 is 24.8 Å². The van der Waals surface area contributed by atoms with Gasteiger partial charge in [-0.15, -0.1) is 0 Å². The monoisotopic (exact) mass is 544 g/mol. The van der Waals surface area contributed by atoms with Gasteiger partial charge in [-0.05, 0) is 77.5 Å². The van der Waals surface area contributed by atoms with Crippen molar-refractivity contribution in [2.75, 3.05) is 0 Å². The molecule has 0 aliphatic heterocycles. The molecule has 0 spiro atoms. The van der Waals surface area contributed by atoms with Crippen molar-refractivity contribution in [1.29, 1.82) is 0 Å². The molecule has 0 radical (unpaired) electrons. The van der Waals surface area contributed by atoms with E-state index in [1.807, 2.05) is 0 Å². The smallest absolute Gasteiger partial charge is 1.00 e. The van der Waals surface area contributed by atoms with Crippen molar-refractivity contribution in [2.45, 2.75) is 84.5 Å². The first kappa shape index (κ1) is 29.4. The maximum Gasteiger partial charge on any atom is 2.00 e. The fourth-order valence-electron chi connectivity index (χ4n) is 5.34. The Morgan fingerprint density at radius 3 is 2.22 bits per heavy atom. The molecule has 0 saturated heterocycles. The minimum Gasteiger partial charge on any atom is -1.00 e. The minimum absolute atomic E-state index is 0. The second-order valence-corrected chi connectivity index (χ2v) is 9.45. The van der Waals surface area contributed by atoms with E-state index in [0.717, 1.165) is 12.8 Å². The van der Waals surface area contributed by atoms with Crippen LogP contribution in [0.1, 0.15) is 87.6 Å². The number of aryl methyl sites for hydroxylation is 2. The molecule has 0 unspecified atom stereocenters. The molecule has 170 valence electrons. The Hall–Kier alpha value is -0.617. The van der Waals surface area contributed by atoms with Crippen LogP contribution >= 0.6 is 0 Å². The SMILES string of the molecule is CCCCc1ccc2c(c1)Cc1c-2ccc(CCCC)c1C(C)(C)C1=CC=CC1.[Cl-].[Cl-].[Zr+2]. The average molecular weight is 547 g/mol. The van der Waals surface area contributed by atoms with Crippen LogP contribution in [0.15, 0.2) is 54.1 Å². The largest absolute Gasteiger partial charge is 2.00 e. The molecule has 0 atom stereocenters. The topological polar surface area (TPSA) is 0 Å². The van der Waals surface area contributed by atoms with E-state index in [4.69, 9.17) is 0 Å². The first-order chi connectivity index (χ1) is 14.1. The summed E-state index contributed by atoms with van der Waals surface area (Å²) in [5.74, 6) is 0. The Bertz CT molecular complexity index is 969. The van der Waals surface area contributed by atoms with E-state index in [9.17, 15) is 0 Å². The Labute approximate surface area is 227 Å². The van der Waals surface area contributed by atoms with Crippen molar-refractivity contribution >= 4 is 0 Å². The van der Waals surface area contributed by atoms with Gasteiger partial charge in [-0.3, -0.25) is 0 Å². The van der Waals surface area contributed by atoms with Crippen LogP contribution in [0.5, 0.6) is 0 Å². The van der Waals surface area contributed by atoms with Crippen LogP contribution < -0.4 is 24.8 Å². The first-order valence-electron chi connectivity index (χ1n) is 11.7. The fourth-order valence-corrected chi connectivity index (χ4v) is 5.34. The standard InChI is InChI=1S/C29H36.2ClH.Zr/c1-5-7-11-21-15-17-25-23(19-21)20-27-26(25)18-16-22(12-8-6-2)28(27)29(3,4)24-13-9-10-14-24;;;/h9-10,13,15-19H,5-8,11-12,14,20H2,1-4H3;2*1H;/q;;;+2/p-2. The van der Waals surface area contributed by atoms with E-state index in [1.54, 1.807) is 22.3 Å². The molecule has 0 saturated carbocycles. The van der Waals surface area contributed by atoms with Crippen molar-refractivity contribution in [3.8, 4) is 11.1 Å². The molecule has 0 heterocycles. The Morgan fingerprint density at radius 2 is 1.56 bits per heavy atom. The second kappa shape index (κ2) is 12.7. The van der Waals surface area contributed by atoms with Crippen LogP contribution in [0.4, 0.5) is 0 Å². The molecule has 2 aromatic carbocycles. The van der Waals surface area contributed by atoms with Gasteiger partial charge in [-0.25, -0.2) is 0 Å². The summed E-state index contributed by atoms with van der Waals surface area (Å²) in [4.78, 5) is 0. The van der Waals surface area contributed by atoms with Gasteiger partial charge in [-0.2, -0.15) is 0 Å². The summed E-state index contributed by atoms with van der Waals surface area (Å²) < 4.78 is 0. The molecule has 32 heavy (non-hydrogen) atoms. The number of hydrogen-bond acceptors (Lipinski definition) is 0. The van der Waals surface area contributed by atoms with Crippen LogP contribution in [0.25, 0.3) is 11.1 Å². The molecule has 2 aliphatic carbocycles. The van der Waals surface area contributed by atoms with Gasteiger partial charge in [0.1, 0.15) is 0 Å². The second-order valence-electron chi connectivity index (χ2n) is 9.45. The summed E-state index contributed by atoms with van der Waals surface area (Å²) in [5, 5.41) is 0. The normalized spacial score (nSPS) is 13.4. The predicted molar refractivity (Wildman–Crippen MR) is 127 cm³/mol. The van der Waals surface area contributed by atoms with Crippen molar-refractivity contribution in [2.24, 2.45) is 0 Å². The summed E-state index contributed by atoms with van der Waals surface area (Å²) in [5.41, 5.74) is 12.4. The molecule has 2 aliphatic rings. The zero-order chi connectivity index (χ0) is 20.4. The fraction of sp³-hybridized carbons (Fsp3) is 0.448. The maximum atomic E-state index is 2.49. The van der Waals surface area contributed by atoms with E-state index >= 15 is 0 Å². The van der Waals surface area contributed by atoms with Gasteiger partial charge >= 0.3 is 26.2 Å². The average Bonchev–Trinajstić information content (AvgIpc) is 3.38. The first-order valence-corrected chi connectivity index (χ1v) is 11.7. The van der Waals surface area contributed by atoms with Crippen LogP contribution in [0, 0.1) is 0 Å². The third-order valence-corrected chi connectivity index (χ3v) is 7.04. The van der Waals surface area contributed by atoms with Crippen LogP contribution in [0.3, 0.4) is 0 Å². The molecule has 3 heteroatoms. The van der Waals surface area contributed by atoms with Crippen LogP contribution in [-0.4, -0.2) is 0 Å². The quantitative estimate of drug-likeness (QED) is 0.406. The Kier molecular flexibility index (Phi) is 11.7. The zero-order valence-electron chi connectivity index (χ0n) is 20.0. The zero-order valence-corrected chi connectivity index (χ0v) is 24.0. The maximum absolute atomic E-state index is 2.49. The van der Waals surface area contributed by atoms with E-state index < -0.39 is 0 Å². The molecule has 0 amide bonds. The summed E-state index contributed by atoms with van der Waals surface area (Å²) in [6, 6.07) is 12.1. The molecular weight excluding hydrogens is 510 g/mol. The van der Waals surface area contributed by atoms with Gasteiger partial charge in [0.25, 0.3) is 0 Å². The van der Waals surface area contributed by atoms with Gasteiger partial charge in [0.2, 0.25) is 0 Å². The molecule has 0 aromatic heterocycles. The predicted octanol–water partition coefficient (Wildman–Crippen LogP) is 2.11. The molecular formula is C29H36Cl2Zr. The van der Waals surface area contributed by atoms with Gasteiger partial charge in [0.15, 0.2) is 0 Å². The van der Waals surface area contributed by atoms with Crippen molar-refractivity contribution < 1.29 is 51.0 Å². The van der Waals surface area contributed by atoms with Gasteiger partial charge in [0.05, 0.1) is 0 Å². The molecule has 0 N–H and O–H groups in total. The number of benzene rings is 2. The number of hydrogen-bond donors (Lipinski definition) is 0. The van der Waals surface area contributed by atoms with Gasteiger partial charge in [0, 0.05) is 5.41 Å². The summed E-state index contributed by atoms with van der Waals surface area (Å²) in [6.45, 7) is 9.48. The summed E-state index contributed by atoms with van der Waals surface area (Å²) >= 11 is 0. The molecule has 2 aromatic rings. The van der Waals surface area contributed by atoms with Crippen LogP contribution in [-0.2, 0) is 50.9 Å². The minimum atomic E-state index is 0. The number of allylic oxidation sites excluding steroid dienone is 4. The van der Waals surface area contributed by atoms with Crippen molar-refractivity contribution in [3.63, 3.8) is 0 Å². The molecule has 4 rings (SSSR count). The van der Waals surface area contributed by atoms with Gasteiger partial charge in [-0.1, -0.05) is 94.7 Å². The molecule has 0 nitrogen and oxygen atoms in total. The van der Waals surface area contributed by atoms with Crippen molar-refractivity contribution in [3.05, 3.63) is 82.0 Å². The summed E-state index contributed by atoms with van der Waals surface area (Å²) in [7, 11) is 0. The number of halogens is 2. The Balaban J connectivity index is 0.00000171. The summed E-state index contributed by atoms with van der Waals surface area (Å²) in [6.07, 6.45) is 16.6. The number of rotatable bonds is 8. The van der Waals surface area contributed by atoms with Crippen LogP contribution in [0.2, 0.25) is 0 Å². The van der Waals surface area contributed by atoms with Crippen molar-refractivity contribution in [1.82, 2.24) is 0 Å². The third kappa shape index (κ3) is 5.71.